The summed E-state index contributed by atoms with van der Waals surface area (Å²) >= 11 is 4.91. The molecule has 0 spiro atoms. The fraction of sp³-hybridized carbons (Fsp3) is 0.231. The van der Waals surface area contributed by atoms with E-state index >= 15 is 0 Å². The van der Waals surface area contributed by atoms with Crippen molar-refractivity contribution in [3.63, 3.8) is 0 Å². The Bertz CT molecular complexity index is 652. The molecule has 1 heterocycles. The zero-order valence-corrected chi connectivity index (χ0v) is 11.7. The van der Waals surface area contributed by atoms with Gasteiger partial charge in [-0.3, -0.25) is 4.68 Å². The van der Waals surface area contributed by atoms with E-state index in [0.29, 0.717) is 17.1 Å². The van der Waals surface area contributed by atoms with E-state index in [1.54, 1.807) is 4.68 Å². The van der Waals surface area contributed by atoms with Crippen molar-refractivity contribution in [3.8, 4) is 11.5 Å². The number of hydrogen-bond acceptors (Lipinski definition) is 3. The summed E-state index contributed by atoms with van der Waals surface area (Å²) in [5.41, 5.74) is 7.57. The molecule has 6 heteroatoms. The van der Waals surface area contributed by atoms with E-state index in [-0.39, 0.29) is 4.99 Å². The average molecular weight is 279 g/mol. The SMILES string of the molecule is Cc1nn(C)c(C)c1Oc1ccc(F)cc1C(N)=S. The van der Waals surface area contributed by atoms with E-state index in [2.05, 4.69) is 5.10 Å². The highest BCUT2D eigenvalue weighted by molar-refractivity contribution is 7.80. The average Bonchev–Trinajstić information content (AvgIpc) is 2.57. The molecule has 2 N–H and O–H groups in total. The molecule has 0 fully saturated rings. The quantitative estimate of drug-likeness (QED) is 0.877. The van der Waals surface area contributed by atoms with Crippen molar-refractivity contribution in [3.05, 3.63) is 41.0 Å². The minimum absolute atomic E-state index is 0.0914. The highest BCUT2D eigenvalue weighted by atomic mass is 32.1. The number of ether oxygens (including phenoxy) is 1. The number of thiocarbonyl (C=S) groups is 1. The highest BCUT2D eigenvalue weighted by Crippen LogP contribution is 2.30. The molecule has 0 radical (unpaired) electrons. The first-order chi connectivity index (χ1) is 8.90. The number of aromatic nitrogens is 2. The molecule has 4 nitrogen and oxygen atoms in total. The van der Waals surface area contributed by atoms with Gasteiger partial charge in [0.05, 0.1) is 11.3 Å². The fourth-order valence-electron chi connectivity index (χ4n) is 1.80. The van der Waals surface area contributed by atoms with E-state index in [4.69, 9.17) is 22.7 Å². The zero-order valence-electron chi connectivity index (χ0n) is 10.9. The highest BCUT2D eigenvalue weighted by Gasteiger charge is 2.15. The lowest BCUT2D eigenvalue weighted by Crippen LogP contribution is -2.11. The first kappa shape index (κ1) is 13.5. The summed E-state index contributed by atoms with van der Waals surface area (Å²) in [6.07, 6.45) is 0. The Morgan fingerprint density at radius 1 is 1.42 bits per heavy atom. The maximum absolute atomic E-state index is 13.2. The van der Waals surface area contributed by atoms with E-state index in [0.717, 1.165) is 11.4 Å². The summed E-state index contributed by atoms with van der Waals surface area (Å²) in [4.78, 5) is 0.0914. The van der Waals surface area contributed by atoms with Crippen LogP contribution in [0, 0.1) is 19.7 Å². The van der Waals surface area contributed by atoms with Crippen LogP contribution in [0.25, 0.3) is 0 Å². The summed E-state index contributed by atoms with van der Waals surface area (Å²) in [5.74, 6) is 0.648. The van der Waals surface area contributed by atoms with Gasteiger partial charge in [0.25, 0.3) is 0 Å². The molecule has 0 bridgehead atoms. The molecule has 1 aromatic carbocycles. The second-order valence-corrected chi connectivity index (χ2v) is 4.67. The minimum atomic E-state index is -0.408. The lowest BCUT2D eigenvalue weighted by molar-refractivity contribution is 0.471. The molecular weight excluding hydrogens is 265 g/mol. The third-order valence-corrected chi connectivity index (χ3v) is 3.08. The number of aryl methyl sites for hydroxylation is 2. The second-order valence-electron chi connectivity index (χ2n) is 4.23. The molecule has 0 saturated carbocycles. The normalized spacial score (nSPS) is 10.5. The molecule has 0 amide bonds. The van der Waals surface area contributed by atoms with Crippen LogP contribution in [0.15, 0.2) is 18.2 Å². The van der Waals surface area contributed by atoms with Gasteiger partial charge in [-0.2, -0.15) is 5.10 Å². The maximum atomic E-state index is 13.2. The van der Waals surface area contributed by atoms with Crippen molar-refractivity contribution in [1.29, 1.82) is 0 Å². The van der Waals surface area contributed by atoms with Crippen molar-refractivity contribution in [1.82, 2.24) is 9.78 Å². The summed E-state index contributed by atoms with van der Waals surface area (Å²) in [5, 5.41) is 4.25. The van der Waals surface area contributed by atoms with Gasteiger partial charge in [-0.25, -0.2) is 4.39 Å². The van der Waals surface area contributed by atoms with Gasteiger partial charge < -0.3 is 10.5 Å². The molecule has 0 aliphatic heterocycles. The zero-order chi connectivity index (χ0) is 14.2. The smallest absolute Gasteiger partial charge is 0.171 e. The Labute approximate surface area is 116 Å². The number of benzene rings is 1. The fourth-order valence-corrected chi connectivity index (χ4v) is 1.96. The molecule has 100 valence electrons. The molecule has 0 unspecified atom stereocenters. The molecule has 2 aromatic rings. The summed E-state index contributed by atoms with van der Waals surface area (Å²) in [6, 6.07) is 4.08. The van der Waals surface area contributed by atoms with E-state index in [1.807, 2.05) is 20.9 Å². The van der Waals surface area contributed by atoms with Crippen LogP contribution in [0.2, 0.25) is 0 Å². The Morgan fingerprint density at radius 2 is 2.11 bits per heavy atom. The lowest BCUT2D eigenvalue weighted by Gasteiger charge is -2.10. The summed E-state index contributed by atoms with van der Waals surface area (Å²) < 4.78 is 20.7. The first-order valence-electron chi connectivity index (χ1n) is 5.67. The molecule has 0 aliphatic carbocycles. The monoisotopic (exact) mass is 279 g/mol. The lowest BCUT2D eigenvalue weighted by atomic mass is 10.2. The van der Waals surface area contributed by atoms with Crippen LogP contribution in [0.3, 0.4) is 0 Å². The van der Waals surface area contributed by atoms with Gasteiger partial charge in [0, 0.05) is 7.05 Å². The van der Waals surface area contributed by atoms with Crippen LogP contribution in [-0.4, -0.2) is 14.8 Å². The number of hydrogen-bond donors (Lipinski definition) is 1. The largest absolute Gasteiger partial charge is 0.453 e. The van der Waals surface area contributed by atoms with Crippen molar-refractivity contribution in [2.75, 3.05) is 0 Å². The predicted octanol–water partition coefficient (Wildman–Crippen LogP) is 2.60. The van der Waals surface area contributed by atoms with Gasteiger partial charge in [-0.05, 0) is 32.0 Å². The van der Waals surface area contributed by atoms with Crippen molar-refractivity contribution in [2.45, 2.75) is 13.8 Å². The van der Waals surface area contributed by atoms with Gasteiger partial charge in [0.2, 0.25) is 0 Å². The van der Waals surface area contributed by atoms with E-state index in [1.165, 1.54) is 18.2 Å². The molecule has 0 saturated heterocycles. The van der Waals surface area contributed by atoms with Crippen LogP contribution < -0.4 is 10.5 Å². The van der Waals surface area contributed by atoms with Gasteiger partial charge in [-0.15, -0.1) is 0 Å². The van der Waals surface area contributed by atoms with Crippen molar-refractivity contribution >= 4 is 17.2 Å². The first-order valence-corrected chi connectivity index (χ1v) is 6.08. The van der Waals surface area contributed by atoms with Crippen LogP contribution in [-0.2, 0) is 7.05 Å². The van der Waals surface area contributed by atoms with Gasteiger partial charge in [-0.1, -0.05) is 12.2 Å². The van der Waals surface area contributed by atoms with Gasteiger partial charge in [0.1, 0.15) is 22.2 Å². The molecule has 2 rings (SSSR count). The number of halogens is 1. The van der Waals surface area contributed by atoms with E-state index in [9.17, 15) is 4.39 Å². The van der Waals surface area contributed by atoms with Crippen LogP contribution in [0.4, 0.5) is 4.39 Å². The number of nitrogens with two attached hydrogens (primary N) is 1. The van der Waals surface area contributed by atoms with Crippen LogP contribution in [0.5, 0.6) is 11.5 Å². The molecule has 1 aromatic heterocycles. The Kier molecular flexibility index (Phi) is 3.53. The van der Waals surface area contributed by atoms with Crippen LogP contribution >= 0.6 is 12.2 Å². The Morgan fingerprint density at radius 3 is 2.63 bits per heavy atom. The Hall–Kier alpha value is -1.95. The number of rotatable bonds is 3. The topological polar surface area (TPSA) is 53.1 Å². The maximum Gasteiger partial charge on any atom is 0.171 e. The predicted molar refractivity (Wildman–Crippen MR) is 75.0 cm³/mol. The van der Waals surface area contributed by atoms with Gasteiger partial charge >= 0.3 is 0 Å². The minimum Gasteiger partial charge on any atom is -0.453 e. The standard InChI is InChI=1S/C13H14FN3OS/c1-7-12(8(2)17(3)16-7)18-11-5-4-9(14)6-10(11)13(15)19/h4-6H,1-3H3,(H2,15,19). The molecule has 19 heavy (non-hydrogen) atoms. The van der Waals surface area contributed by atoms with Crippen molar-refractivity contribution < 1.29 is 9.13 Å². The third-order valence-electron chi connectivity index (χ3n) is 2.86. The molecule has 0 aliphatic rings. The van der Waals surface area contributed by atoms with E-state index < -0.39 is 5.82 Å². The second kappa shape index (κ2) is 4.97. The molecule has 0 atom stereocenters. The third kappa shape index (κ3) is 2.58. The Balaban J connectivity index is 2.46. The van der Waals surface area contributed by atoms with Crippen LogP contribution in [0.1, 0.15) is 17.0 Å². The summed E-state index contributed by atoms with van der Waals surface area (Å²) in [6.45, 7) is 3.73. The molecular formula is C13H14FN3OS. The van der Waals surface area contributed by atoms with Crippen molar-refractivity contribution in [2.24, 2.45) is 12.8 Å². The summed E-state index contributed by atoms with van der Waals surface area (Å²) in [7, 11) is 1.83. The van der Waals surface area contributed by atoms with Gasteiger partial charge in [0.15, 0.2) is 5.75 Å². The number of nitrogens with zero attached hydrogens (tertiary/aromatic N) is 2.